The molecule has 4 rings (SSSR count). The summed E-state index contributed by atoms with van der Waals surface area (Å²) in [6.07, 6.45) is 2.79. The number of para-hydroxylation sites is 1. The zero-order valence-electron chi connectivity index (χ0n) is 16.9. The highest BCUT2D eigenvalue weighted by atomic mass is 32.1. The third-order valence-corrected chi connectivity index (χ3v) is 6.53. The second-order valence-electron chi connectivity index (χ2n) is 7.82. The summed E-state index contributed by atoms with van der Waals surface area (Å²) < 4.78 is 13.9. The molecule has 160 valence electrons. The number of anilines is 2. The molecule has 2 amide bonds. The van der Waals surface area contributed by atoms with Crippen LogP contribution in [0.3, 0.4) is 0 Å². The van der Waals surface area contributed by atoms with E-state index in [9.17, 15) is 14.0 Å². The van der Waals surface area contributed by atoms with Gasteiger partial charge in [0, 0.05) is 38.6 Å². The number of hydrogen-bond acceptors (Lipinski definition) is 5. The summed E-state index contributed by atoms with van der Waals surface area (Å²) in [6, 6.07) is 10.4. The Kier molecular flexibility index (Phi) is 6.64. The fourth-order valence-electron chi connectivity index (χ4n) is 3.61. The molecule has 1 aliphatic carbocycles. The highest BCUT2D eigenvalue weighted by Gasteiger charge is 2.29. The molecule has 2 heterocycles. The predicted molar refractivity (Wildman–Crippen MR) is 118 cm³/mol. The number of rotatable bonds is 8. The highest BCUT2D eigenvalue weighted by molar-refractivity contribution is 7.18. The lowest BCUT2D eigenvalue weighted by Gasteiger charge is -2.36. The molecule has 2 fully saturated rings. The van der Waals surface area contributed by atoms with Crippen LogP contribution in [0.15, 0.2) is 36.4 Å². The number of benzene rings is 1. The molecule has 1 aliphatic heterocycles. The number of halogens is 1. The lowest BCUT2D eigenvalue weighted by Crippen LogP contribution is -2.47. The van der Waals surface area contributed by atoms with E-state index in [-0.39, 0.29) is 23.5 Å². The van der Waals surface area contributed by atoms with E-state index in [1.54, 1.807) is 18.2 Å². The fraction of sp³-hybridized carbons (Fsp3) is 0.455. The van der Waals surface area contributed by atoms with Gasteiger partial charge in [-0.2, -0.15) is 0 Å². The van der Waals surface area contributed by atoms with Crippen molar-refractivity contribution < 1.29 is 14.0 Å². The van der Waals surface area contributed by atoms with Gasteiger partial charge in [0.1, 0.15) is 5.82 Å². The van der Waals surface area contributed by atoms with E-state index in [0.29, 0.717) is 17.1 Å². The number of hydrogen-bond donors (Lipinski definition) is 2. The molecule has 1 aromatic carbocycles. The topological polar surface area (TPSA) is 64.7 Å². The van der Waals surface area contributed by atoms with E-state index in [2.05, 4.69) is 20.4 Å². The first-order valence-electron chi connectivity index (χ1n) is 10.5. The van der Waals surface area contributed by atoms with E-state index in [4.69, 9.17) is 0 Å². The third kappa shape index (κ3) is 5.37. The molecule has 2 aromatic rings. The van der Waals surface area contributed by atoms with Crippen molar-refractivity contribution in [2.75, 3.05) is 49.5 Å². The summed E-state index contributed by atoms with van der Waals surface area (Å²) in [7, 11) is 0. The zero-order valence-corrected chi connectivity index (χ0v) is 17.7. The van der Waals surface area contributed by atoms with Crippen LogP contribution in [0.5, 0.6) is 0 Å². The van der Waals surface area contributed by atoms with Crippen LogP contribution in [0.25, 0.3) is 0 Å². The van der Waals surface area contributed by atoms with E-state index < -0.39 is 0 Å². The molecule has 1 saturated heterocycles. The second-order valence-corrected chi connectivity index (χ2v) is 8.90. The summed E-state index contributed by atoms with van der Waals surface area (Å²) in [6.45, 7) is 4.89. The van der Waals surface area contributed by atoms with Gasteiger partial charge in [0.05, 0.1) is 15.6 Å². The maximum Gasteiger partial charge on any atom is 0.261 e. The van der Waals surface area contributed by atoms with Crippen LogP contribution in [0.1, 0.15) is 28.9 Å². The summed E-state index contributed by atoms with van der Waals surface area (Å²) in [5.41, 5.74) is 0.674. The Hall–Kier alpha value is -2.45. The normalized spacial score (nSPS) is 17.0. The number of thiophene rings is 1. The van der Waals surface area contributed by atoms with Crippen LogP contribution in [0.2, 0.25) is 0 Å². The molecule has 0 unspecified atom stereocenters. The van der Waals surface area contributed by atoms with Gasteiger partial charge in [-0.3, -0.25) is 14.5 Å². The average molecular weight is 431 g/mol. The maximum absolute atomic E-state index is 13.9. The average Bonchev–Trinajstić information content (AvgIpc) is 3.51. The Morgan fingerprint density at radius 3 is 2.57 bits per heavy atom. The number of nitrogens with zero attached hydrogens (tertiary/aromatic N) is 2. The Balaban J connectivity index is 1.14. The monoisotopic (exact) mass is 430 g/mol. The predicted octanol–water partition coefficient (Wildman–Crippen LogP) is 3.18. The van der Waals surface area contributed by atoms with Crippen molar-refractivity contribution in [1.82, 2.24) is 10.2 Å². The Morgan fingerprint density at radius 1 is 1.07 bits per heavy atom. The van der Waals surface area contributed by atoms with Gasteiger partial charge < -0.3 is 15.5 Å². The van der Waals surface area contributed by atoms with Crippen LogP contribution in [0, 0.1) is 11.7 Å². The van der Waals surface area contributed by atoms with Crippen LogP contribution in [0.4, 0.5) is 15.1 Å². The standard InChI is InChI=1S/C22H27FN4O2S/c23-17-4-1-2-5-18(17)27-14-12-26(13-15-27)11-3-10-24-22(29)19-8-9-20(30-19)25-21(28)16-6-7-16/h1-2,4-5,8-9,16H,3,6-7,10-15H2,(H,24,29)(H,25,28). The minimum Gasteiger partial charge on any atom is -0.367 e. The summed E-state index contributed by atoms with van der Waals surface area (Å²) >= 11 is 1.31. The molecule has 1 aromatic heterocycles. The van der Waals surface area contributed by atoms with Gasteiger partial charge in [-0.25, -0.2) is 4.39 Å². The molecule has 30 heavy (non-hydrogen) atoms. The van der Waals surface area contributed by atoms with E-state index in [1.807, 2.05) is 12.1 Å². The SMILES string of the molecule is O=C(NCCCN1CCN(c2ccccc2F)CC1)c1ccc(NC(=O)C2CC2)s1. The Bertz CT molecular complexity index is 891. The minimum atomic E-state index is -0.169. The van der Waals surface area contributed by atoms with Gasteiger partial charge in [-0.15, -0.1) is 11.3 Å². The maximum atomic E-state index is 13.9. The molecular formula is C22H27FN4O2S. The number of nitrogens with one attached hydrogen (secondary N) is 2. The van der Waals surface area contributed by atoms with Crippen molar-refractivity contribution in [3.05, 3.63) is 47.1 Å². The van der Waals surface area contributed by atoms with Crippen LogP contribution < -0.4 is 15.5 Å². The Morgan fingerprint density at radius 2 is 1.83 bits per heavy atom. The van der Waals surface area contributed by atoms with E-state index >= 15 is 0 Å². The number of piperazine rings is 1. The van der Waals surface area contributed by atoms with Gasteiger partial charge in [-0.05, 0) is 50.1 Å². The largest absolute Gasteiger partial charge is 0.367 e. The molecule has 1 saturated carbocycles. The van der Waals surface area contributed by atoms with Crippen molar-refractivity contribution in [3.8, 4) is 0 Å². The van der Waals surface area contributed by atoms with Crippen LogP contribution in [-0.4, -0.2) is 56.0 Å². The van der Waals surface area contributed by atoms with E-state index in [1.165, 1.54) is 17.4 Å². The molecule has 0 spiro atoms. The summed E-state index contributed by atoms with van der Waals surface area (Å²) in [5, 5.41) is 6.55. The van der Waals surface area contributed by atoms with Crippen LogP contribution >= 0.6 is 11.3 Å². The van der Waals surface area contributed by atoms with Crippen molar-refractivity contribution in [3.63, 3.8) is 0 Å². The fourth-order valence-corrected chi connectivity index (χ4v) is 4.43. The quantitative estimate of drug-likeness (QED) is 0.632. The van der Waals surface area contributed by atoms with Crippen molar-refractivity contribution in [2.45, 2.75) is 19.3 Å². The molecule has 0 atom stereocenters. The zero-order chi connectivity index (χ0) is 20.9. The van der Waals surface area contributed by atoms with Crippen LogP contribution in [-0.2, 0) is 4.79 Å². The van der Waals surface area contributed by atoms with E-state index in [0.717, 1.165) is 57.0 Å². The Labute approximate surface area is 180 Å². The molecule has 8 heteroatoms. The van der Waals surface area contributed by atoms with Crippen molar-refractivity contribution in [1.29, 1.82) is 0 Å². The number of carbonyl (C=O) groups excluding carboxylic acids is 2. The smallest absolute Gasteiger partial charge is 0.261 e. The first-order chi connectivity index (χ1) is 14.6. The third-order valence-electron chi connectivity index (χ3n) is 5.53. The van der Waals surface area contributed by atoms with Gasteiger partial charge in [0.15, 0.2) is 0 Å². The van der Waals surface area contributed by atoms with Crippen molar-refractivity contribution in [2.24, 2.45) is 5.92 Å². The molecule has 0 bridgehead atoms. The lowest BCUT2D eigenvalue weighted by molar-refractivity contribution is -0.117. The van der Waals surface area contributed by atoms with Gasteiger partial charge in [0.25, 0.3) is 5.91 Å². The first-order valence-corrected chi connectivity index (χ1v) is 11.3. The first kappa shape index (κ1) is 20.8. The summed E-state index contributed by atoms with van der Waals surface area (Å²) in [5.74, 6) is -0.0642. The minimum absolute atomic E-state index is 0.0545. The second kappa shape index (κ2) is 9.57. The molecule has 6 nitrogen and oxygen atoms in total. The van der Waals surface area contributed by atoms with Gasteiger partial charge in [-0.1, -0.05) is 12.1 Å². The molecule has 0 radical (unpaired) electrons. The molecule has 2 N–H and O–H groups in total. The van der Waals surface area contributed by atoms with Gasteiger partial charge in [0.2, 0.25) is 5.91 Å². The molecular weight excluding hydrogens is 403 g/mol. The lowest BCUT2D eigenvalue weighted by atomic mass is 10.2. The molecule has 2 aliphatic rings. The summed E-state index contributed by atoms with van der Waals surface area (Å²) in [4.78, 5) is 29.2. The van der Waals surface area contributed by atoms with Crippen molar-refractivity contribution >= 4 is 33.8 Å². The van der Waals surface area contributed by atoms with Gasteiger partial charge >= 0.3 is 0 Å². The highest BCUT2D eigenvalue weighted by Crippen LogP contribution is 2.31. The number of carbonyl (C=O) groups is 2. The number of amides is 2.